The summed E-state index contributed by atoms with van der Waals surface area (Å²) in [5, 5.41) is 9.29. The third-order valence-corrected chi connectivity index (χ3v) is 2.31. The van der Waals surface area contributed by atoms with Crippen LogP contribution < -0.4 is 11.1 Å². The number of benzene rings is 1. The predicted octanol–water partition coefficient (Wildman–Crippen LogP) is 1.90. The first-order valence-electron chi connectivity index (χ1n) is 4.52. The Morgan fingerprint density at radius 2 is 2.25 bits per heavy atom. The minimum absolute atomic E-state index is 0.330. The molecule has 4 N–H and O–H groups in total. The van der Waals surface area contributed by atoms with Crippen LogP contribution in [0.15, 0.2) is 30.5 Å². The second kappa shape index (κ2) is 4.24. The zero-order valence-electron chi connectivity index (χ0n) is 8.20. The van der Waals surface area contributed by atoms with Crippen molar-refractivity contribution in [2.45, 2.75) is 0 Å². The Bertz CT molecular complexity index is 510. The largest absolute Gasteiger partial charge is 0.399 e. The van der Waals surface area contributed by atoms with Crippen molar-refractivity contribution in [3.8, 4) is 0 Å². The van der Waals surface area contributed by atoms with Crippen LogP contribution in [0, 0.1) is 0 Å². The molecule has 6 heteroatoms. The van der Waals surface area contributed by atoms with E-state index in [1.165, 1.54) is 12.3 Å². The van der Waals surface area contributed by atoms with Crippen molar-refractivity contribution in [3.05, 3.63) is 41.0 Å². The maximum atomic E-state index is 11.8. The molecule has 0 aliphatic heterocycles. The SMILES string of the molecule is Nc1ccc(Cl)c(C(=O)Nc2ccn[nH]2)c1. The monoisotopic (exact) mass is 236 g/mol. The van der Waals surface area contributed by atoms with Gasteiger partial charge in [-0.3, -0.25) is 9.89 Å². The molecule has 1 heterocycles. The number of carbonyl (C=O) groups excluding carboxylic acids is 1. The fourth-order valence-corrected chi connectivity index (χ4v) is 1.44. The third-order valence-electron chi connectivity index (χ3n) is 1.98. The molecule has 16 heavy (non-hydrogen) atoms. The topological polar surface area (TPSA) is 83.8 Å². The van der Waals surface area contributed by atoms with E-state index in [1.807, 2.05) is 0 Å². The highest BCUT2D eigenvalue weighted by atomic mass is 35.5. The molecule has 2 rings (SSSR count). The van der Waals surface area contributed by atoms with E-state index in [0.29, 0.717) is 22.1 Å². The highest BCUT2D eigenvalue weighted by Gasteiger charge is 2.11. The van der Waals surface area contributed by atoms with Crippen molar-refractivity contribution in [2.24, 2.45) is 0 Å². The van der Waals surface area contributed by atoms with E-state index in [9.17, 15) is 4.79 Å². The van der Waals surface area contributed by atoms with E-state index >= 15 is 0 Å². The summed E-state index contributed by atoms with van der Waals surface area (Å²) in [7, 11) is 0. The number of nitrogens with one attached hydrogen (secondary N) is 2. The fraction of sp³-hybridized carbons (Fsp3) is 0. The Hall–Kier alpha value is -2.01. The fourth-order valence-electron chi connectivity index (χ4n) is 1.23. The molecule has 0 aliphatic rings. The second-order valence-corrected chi connectivity index (χ2v) is 3.57. The molecule has 0 atom stereocenters. The molecule has 0 saturated carbocycles. The lowest BCUT2D eigenvalue weighted by Gasteiger charge is -2.05. The number of aromatic amines is 1. The van der Waals surface area contributed by atoms with Gasteiger partial charge in [0.05, 0.1) is 16.8 Å². The maximum absolute atomic E-state index is 11.8. The quantitative estimate of drug-likeness (QED) is 0.697. The smallest absolute Gasteiger partial charge is 0.258 e. The van der Waals surface area contributed by atoms with Crippen molar-refractivity contribution in [1.82, 2.24) is 10.2 Å². The predicted molar refractivity (Wildman–Crippen MR) is 62.4 cm³/mol. The standard InChI is InChI=1S/C10H9ClN4O/c11-8-2-1-6(12)5-7(8)10(16)14-9-3-4-13-15-9/h1-5H,12H2,(H2,13,14,15,16). The average molecular weight is 237 g/mol. The lowest BCUT2D eigenvalue weighted by Crippen LogP contribution is -2.13. The van der Waals surface area contributed by atoms with Gasteiger partial charge in [-0.2, -0.15) is 5.10 Å². The molecule has 82 valence electrons. The maximum Gasteiger partial charge on any atom is 0.258 e. The summed E-state index contributed by atoms with van der Waals surface area (Å²) in [6, 6.07) is 6.38. The van der Waals surface area contributed by atoms with Crippen molar-refractivity contribution < 1.29 is 4.79 Å². The molecule has 2 aromatic rings. The molecule has 0 radical (unpaired) electrons. The third kappa shape index (κ3) is 2.14. The summed E-state index contributed by atoms with van der Waals surface area (Å²) in [6.07, 6.45) is 1.54. The van der Waals surface area contributed by atoms with Crippen LogP contribution in [-0.4, -0.2) is 16.1 Å². The zero-order valence-corrected chi connectivity index (χ0v) is 8.95. The molecule has 0 unspecified atom stereocenters. The number of hydrogen-bond donors (Lipinski definition) is 3. The van der Waals surface area contributed by atoms with Gasteiger partial charge in [-0.05, 0) is 18.2 Å². The highest BCUT2D eigenvalue weighted by Crippen LogP contribution is 2.19. The van der Waals surface area contributed by atoms with Gasteiger partial charge in [-0.25, -0.2) is 0 Å². The number of aromatic nitrogens is 2. The summed E-state index contributed by atoms with van der Waals surface area (Å²) in [6.45, 7) is 0. The summed E-state index contributed by atoms with van der Waals surface area (Å²) < 4.78 is 0. The molecule has 1 aromatic carbocycles. The normalized spacial score (nSPS) is 10.1. The number of H-pyrrole nitrogens is 1. The lowest BCUT2D eigenvalue weighted by molar-refractivity contribution is 0.102. The van der Waals surface area contributed by atoms with Gasteiger partial charge in [0, 0.05) is 11.8 Å². The van der Waals surface area contributed by atoms with E-state index in [0.717, 1.165) is 0 Å². The number of nitrogen functional groups attached to an aromatic ring is 1. The minimum atomic E-state index is -0.332. The molecule has 0 spiro atoms. The first-order chi connectivity index (χ1) is 7.66. The number of hydrogen-bond acceptors (Lipinski definition) is 3. The van der Waals surface area contributed by atoms with Crippen molar-refractivity contribution >= 4 is 29.0 Å². The lowest BCUT2D eigenvalue weighted by atomic mass is 10.2. The Morgan fingerprint density at radius 3 is 2.94 bits per heavy atom. The van der Waals surface area contributed by atoms with Gasteiger partial charge in [0.15, 0.2) is 0 Å². The number of carbonyl (C=O) groups is 1. The molecule has 0 bridgehead atoms. The van der Waals surface area contributed by atoms with Crippen LogP contribution >= 0.6 is 11.6 Å². The second-order valence-electron chi connectivity index (χ2n) is 3.16. The Morgan fingerprint density at radius 1 is 1.44 bits per heavy atom. The number of halogens is 1. The van der Waals surface area contributed by atoms with Gasteiger partial charge in [-0.15, -0.1) is 0 Å². The Kier molecular flexibility index (Phi) is 2.78. The summed E-state index contributed by atoms with van der Waals surface area (Å²) in [4.78, 5) is 11.8. The van der Waals surface area contributed by atoms with Crippen LogP contribution in [0.25, 0.3) is 0 Å². The van der Waals surface area contributed by atoms with Crippen LogP contribution in [0.3, 0.4) is 0 Å². The number of anilines is 2. The van der Waals surface area contributed by atoms with E-state index in [2.05, 4.69) is 15.5 Å². The number of nitrogens with zero attached hydrogens (tertiary/aromatic N) is 1. The number of rotatable bonds is 2. The first kappa shape index (κ1) is 10.5. The van der Waals surface area contributed by atoms with Crippen molar-refractivity contribution in [3.63, 3.8) is 0 Å². The minimum Gasteiger partial charge on any atom is -0.399 e. The number of amides is 1. The van der Waals surface area contributed by atoms with Gasteiger partial charge in [0.1, 0.15) is 5.82 Å². The summed E-state index contributed by atoms with van der Waals surface area (Å²) >= 11 is 5.89. The highest BCUT2D eigenvalue weighted by molar-refractivity contribution is 6.34. The van der Waals surface area contributed by atoms with Crippen LogP contribution in [0.1, 0.15) is 10.4 Å². The summed E-state index contributed by atoms with van der Waals surface area (Å²) in [5.41, 5.74) is 6.40. The molecule has 1 amide bonds. The Labute approximate surface area is 96.6 Å². The van der Waals surface area contributed by atoms with Crippen LogP contribution in [0.4, 0.5) is 11.5 Å². The molecule has 0 fully saturated rings. The zero-order chi connectivity index (χ0) is 11.5. The van der Waals surface area contributed by atoms with Crippen molar-refractivity contribution in [2.75, 3.05) is 11.1 Å². The van der Waals surface area contributed by atoms with Gasteiger partial charge in [0.2, 0.25) is 0 Å². The first-order valence-corrected chi connectivity index (χ1v) is 4.90. The van der Waals surface area contributed by atoms with E-state index in [1.54, 1.807) is 18.2 Å². The van der Waals surface area contributed by atoms with Crippen LogP contribution in [0.2, 0.25) is 5.02 Å². The van der Waals surface area contributed by atoms with E-state index in [4.69, 9.17) is 17.3 Å². The molecule has 0 saturated heterocycles. The van der Waals surface area contributed by atoms with E-state index in [-0.39, 0.29) is 5.91 Å². The van der Waals surface area contributed by atoms with Gasteiger partial charge in [0.25, 0.3) is 5.91 Å². The summed E-state index contributed by atoms with van der Waals surface area (Å²) in [5.74, 6) is 0.171. The molecule has 0 aliphatic carbocycles. The van der Waals surface area contributed by atoms with E-state index < -0.39 is 0 Å². The van der Waals surface area contributed by atoms with Crippen LogP contribution in [-0.2, 0) is 0 Å². The molecule has 1 aromatic heterocycles. The van der Waals surface area contributed by atoms with Crippen molar-refractivity contribution in [1.29, 1.82) is 0 Å². The average Bonchev–Trinajstić information content (AvgIpc) is 2.74. The van der Waals surface area contributed by atoms with Gasteiger partial charge >= 0.3 is 0 Å². The number of nitrogens with two attached hydrogens (primary N) is 1. The van der Waals surface area contributed by atoms with Crippen LogP contribution in [0.5, 0.6) is 0 Å². The molecular weight excluding hydrogens is 228 g/mol. The molecular formula is C10H9ClN4O. The molecule has 5 nitrogen and oxygen atoms in total. The Balaban J connectivity index is 2.24. The van der Waals surface area contributed by atoms with Gasteiger partial charge < -0.3 is 11.1 Å². The van der Waals surface area contributed by atoms with Gasteiger partial charge in [-0.1, -0.05) is 11.6 Å².